The molecule has 2 fully saturated rings. The lowest BCUT2D eigenvalue weighted by Gasteiger charge is -2.41. The summed E-state index contributed by atoms with van der Waals surface area (Å²) >= 11 is 0. The zero-order chi connectivity index (χ0) is 12.3. The molecule has 100 valence electrons. The van der Waals surface area contributed by atoms with Crippen molar-refractivity contribution in [2.45, 2.75) is 38.5 Å². The maximum absolute atomic E-state index is 5.67. The molecular weight excluding hydrogens is 216 g/mol. The summed E-state index contributed by atoms with van der Waals surface area (Å²) in [4.78, 5) is 2.55. The largest absolute Gasteiger partial charge is 0.381 e. The second kappa shape index (κ2) is 6.14. The summed E-state index contributed by atoms with van der Waals surface area (Å²) < 4.78 is 11.3. The van der Waals surface area contributed by atoms with Gasteiger partial charge >= 0.3 is 0 Å². The summed E-state index contributed by atoms with van der Waals surface area (Å²) in [6.45, 7) is 9.24. The molecule has 0 aliphatic carbocycles. The first kappa shape index (κ1) is 13.3. The number of nitrogens with one attached hydrogen (secondary N) is 1. The topological polar surface area (TPSA) is 33.7 Å². The van der Waals surface area contributed by atoms with Crippen LogP contribution in [0.4, 0.5) is 0 Å². The second-order valence-corrected chi connectivity index (χ2v) is 5.47. The van der Waals surface area contributed by atoms with Gasteiger partial charge in [-0.3, -0.25) is 4.90 Å². The van der Waals surface area contributed by atoms with Crippen molar-refractivity contribution < 1.29 is 9.47 Å². The van der Waals surface area contributed by atoms with E-state index in [9.17, 15) is 0 Å². The van der Waals surface area contributed by atoms with Gasteiger partial charge in [0.2, 0.25) is 0 Å². The third-order valence-electron chi connectivity index (χ3n) is 4.05. The lowest BCUT2D eigenvalue weighted by Crippen LogP contribution is -2.53. The van der Waals surface area contributed by atoms with E-state index in [-0.39, 0.29) is 0 Å². The smallest absolute Gasteiger partial charge is 0.0674 e. The Morgan fingerprint density at radius 1 is 1.29 bits per heavy atom. The van der Waals surface area contributed by atoms with Crippen molar-refractivity contribution in [3.63, 3.8) is 0 Å². The molecule has 0 aromatic carbocycles. The Balaban J connectivity index is 1.89. The molecule has 17 heavy (non-hydrogen) atoms. The Kier molecular flexibility index (Phi) is 4.79. The van der Waals surface area contributed by atoms with Crippen LogP contribution < -0.4 is 5.32 Å². The molecule has 4 nitrogen and oxygen atoms in total. The molecule has 2 saturated heterocycles. The Morgan fingerprint density at radius 3 is 2.88 bits per heavy atom. The van der Waals surface area contributed by atoms with Crippen LogP contribution in [0.15, 0.2) is 0 Å². The predicted molar refractivity (Wildman–Crippen MR) is 68.2 cm³/mol. The van der Waals surface area contributed by atoms with Crippen molar-refractivity contribution >= 4 is 0 Å². The van der Waals surface area contributed by atoms with Gasteiger partial charge in [0.05, 0.1) is 19.3 Å². The highest BCUT2D eigenvalue weighted by molar-refractivity contribution is 4.84. The van der Waals surface area contributed by atoms with E-state index in [4.69, 9.17) is 9.47 Å². The molecule has 1 N–H and O–H groups in total. The Hall–Kier alpha value is -0.160. The summed E-state index contributed by atoms with van der Waals surface area (Å²) in [7, 11) is 2.06. The zero-order valence-electron chi connectivity index (χ0n) is 11.3. The van der Waals surface area contributed by atoms with Crippen LogP contribution in [0.2, 0.25) is 0 Å². The van der Waals surface area contributed by atoms with E-state index in [2.05, 4.69) is 31.1 Å². The van der Waals surface area contributed by atoms with Gasteiger partial charge in [-0.25, -0.2) is 0 Å². The van der Waals surface area contributed by atoms with Gasteiger partial charge in [0.1, 0.15) is 0 Å². The maximum atomic E-state index is 5.67. The Labute approximate surface area is 105 Å². The van der Waals surface area contributed by atoms with Crippen LogP contribution in [0.5, 0.6) is 0 Å². The molecule has 0 aromatic heterocycles. The number of rotatable bonds is 3. The van der Waals surface area contributed by atoms with Crippen LogP contribution in [0, 0.1) is 5.92 Å². The van der Waals surface area contributed by atoms with E-state index in [1.54, 1.807) is 0 Å². The first-order valence-electron chi connectivity index (χ1n) is 6.81. The van der Waals surface area contributed by atoms with Crippen LogP contribution in [-0.2, 0) is 9.47 Å². The fourth-order valence-electron chi connectivity index (χ4n) is 2.88. The van der Waals surface area contributed by atoms with E-state index in [0.29, 0.717) is 24.1 Å². The molecule has 0 amide bonds. The Bertz CT molecular complexity index is 237. The molecule has 2 aliphatic heterocycles. The monoisotopic (exact) mass is 242 g/mol. The number of nitrogens with zero attached hydrogens (tertiary/aromatic N) is 1. The summed E-state index contributed by atoms with van der Waals surface area (Å²) in [5.41, 5.74) is 0. The number of morpholine rings is 1. The van der Waals surface area contributed by atoms with Crippen molar-refractivity contribution in [3.05, 3.63) is 0 Å². The summed E-state index contributed by atoms with van der Waals surface area (Å²) in [5, 5.41) is 3.43. The second-order valence-electron chi connectivity index (χ2n) is 5.47. The van der Waals surface area contributed by atoms with Gasteiger partial charge < -0.3 is 14.8 Å². The fourth-order valence-corrected chi connectivity index (χ4v) is 2.88. The van der Waals surface area contributed by atoms with Gasteiger partial charge in [-0.2, -0.15) is 0 Å². The van der Waals surface area contributed by atoms with Crippen molar-refractivity contribution in [2.75, 3.05) is 40.0 Å². The SMILES string of the molecule is CNC1CCOCC1CN1CC(C)OCC1C. The van der Waals surface area contributed by atoms with Crippen molar-refractivity contribution in [3.8, 4) is 0 Å². The number of hydrogen-bond donors (Lipinski definition) is 1. The van der Waals surface area contributed by atoms with Gasteiger partial charge in [0.15, 0.2) is 0 Å². The highest BCUT2D eigenvalue weighted by Gasteiger charge is 2.30. The zero-order valence-corrected chi connectivity index (χ0v) is 11.3. The molecule has 2 rings (SSSR count). The molecule has 4 heteroatoms. The molecule has 2 aliphatic rings. The van der Waals surface area contributed by atoms with Gasteiger partial charge in [-0.15, -0.1) is 0 Å². The van der Waals surface area contributed by atoms with Crippen LogP contribution in [0.3, 0.4) is 0 Å². The van der Waals surface area contributed by atoms with Crippen LogP contribution in [0.1, 0.15) is 20.3 Å². The van der Waals surface area contributed by atoms with Gasteiger partial charge in [0.25, 0.3) is 0 Å². The van der Waals surface area contributed by atoms with E-state index in [1.807, 2.05) is 0 Å². The normalized spacial score (nSPS) is 40.4. The first-order valence-corrected chi connectivity index (χ1v) is 6.81. The third kappa shape index (κ3) is 3.41. The standard InChI is InChI=1S/C13H26N2O2/c1-10-8-17-11(2)6-15(10)7-12-9-16-5-4-13(12)14-3/h10-14H,4-9H2,1-3H3. The molecular formula is C13H26N2O2. The van der Waals surface area contributed by atoms with E-state index in [1.165, 1.54) is 0 Å². The quantitative estimate of drug-likeness (QED) is 0.791. The van der Waals surface area contributed by atoms with Crippen LogP contribution >= 0.6 is 0 Å². The molecule has 0 bridgehead atoms. The maximum Gasteiger partial charge on any atom is 0.0674 e. The average molecular weight is 242 g/mol. The van der Waals surface area contributed by atoms with Crippen LogP contribution in [-0.4, -0.2) is 63.0 Å². The molecule has 0 radical (unpaired) electrons. The van der Waals surface area contributed by atoms with E-state index in [0.717, 1.165) is 39.3 Å². The molecule has 2 heterocycles. The van der Waals surface area contributed by atoms with Gasteiger partial charge in [0, 0.05) is 37.7 Å². The van der Waals surface area contributed by atoms with Crippen molar-refractivity contribution in [2.24, 2.45) is 5.92 Å². The average Bonchev–Trinajstić information content (AvgIpc) is 2.34. The number of ether oxygens (including phenoxy) is 2. The molecule has 0 aromatic rings. The highest BCUT2D eigenvalue weighted by atomic mass is 16.5. The van der Waals surface area contributed by atoms with Gasteiger partial charge in [-0.05, 0) is 27.3 Å². The molecule has 4 atom stereocenters. The molecule has 0 saturated carbocycles. The first-order chi connectivity index (χ1) is 8.20. The predicted octanol–water partition coefficient (Wildman–Crippen LogP) is 0.720. The fraction of sp³-hybridized carbons (Fsp3) is 1.00. The summed E-state index contributed by atoms with van der Waals surface area (Å²) in [6, 6.07) is 1.14. The van der Waals surface area contributed by atoms with Crippen molar-refractivity contribution in [1.82, 2.24) is 10.2 Å². The third-order valence-corrected chi connectivity index (χ3v) is 4.05. The number of hydrogen-bond acceptors (Lipinski definition) is 4. The minimum Gasteiger partial charge on any atom is -0.381 e. The van der Waals surface area contributed by atoms with Crippen LogP contribution in [0.25, 0.3) is 0 Å². The highest BCUT2D eigenvalue weighted by Crippen LogP contribution is 2.19. The lowest BCUT2D eigenvalue weighted by atomic mass is 9.94. The van der Waals surface area contributed by atoms with E-state index >= 15 is 0 Å². The molecule has 4 unspecified atom stereocenters. The minimum absolute atomic E-state index is 0.365. The van der Waals surface area contributed by atoms with Gasteiger partial charge in [-0.1, -0.05) is 0 Å². The Morgan fingerprint density at radius 2 is 2.12 bits per heavy atom. The lowest BCUT2D eigenvalue weighted by molar-refractivity contribution is -0.0667. The minimum atomic E-state index is 0.365. The summed E-state index contributed by atoms with van der Waals surface area (Å²) in [5.74, 6) is 0.612. The summed E-state index contributed by atoms with van der Waals surface area (Å²) in [6.07, 6.45) is 1.50. The van der Waals surface area contributed by atoms with Crippen molar-refractivity contribution in [1.29, 1.82) is 0 Å². The van der Waals surface area contributed by atoms with E-state index < -0.39 is 0 Å². The molecule has 0 spiro atoms.